The highest BCUT2D eigenvalue weighted by Crippen LogP contribution is 2.40. The van der Waals surface area contributed by atoms with E-state index in [1.807, 2.05) is 13.8 Å². The Morgan fingerprint density at radius 2 is 1.75 bits per heavy atom. The van der Waals surface area contributed by atoms with Crippen LogP contribution < -0.4 is 0 Å². The van der Waals surface area contributed by atoms with Crippen LogP contribution >= 0.6 is 0 Å². The molecule has 0 radical (unpaired) electrons. The van der Waals surface area contributed by atoms with E-state index in [1.165, 1.54) is 6.42 Å². The molecule has 0 aromatic rings. The largest absolute Gasteiger partial charge is 0.348 e. The van der Waals surface area contributed by atoms with Gasteiger partial charge in [0.25, 0.3) is 0 Å². The average molecular weight is 172 g/mol. The van der Waals surface area contributed by atoms with E-state index < -0.39 is 0 Å². The van der Waals surface area contributed by atoms with Crippen LogP contribution in [0.4, 0.5) is 0 Å². The van der Waals surface area contributed by atoms with Gasteiger partial charge >= 0.3 is 0 Å². The number of hydrogen-bond donors (Lipinski definition) is 0. The van der Waals surface area contributed by atoms with Gasteiger partial charge in [-0.25, -0.2) is 0 Å². The highest BCUT2D eigenvalue weighted by molar-refractivity contribution is 4.83. The van der Waals surface area contributed by atoms with Crippen LogP contribution in [0.2, 0.25) is 0 Å². The van der Waals surface area contributed by atoms with E-state index in [-0.39, 0.29) is 5.79 Å². The van der Waals surface area contributed by atoms with Gasteiger partial charge in [-0.3, -0.25) is 0 Å². The lowest BCUT2D eigenvalue weighted by molar-refractivity contribution is -0.152. The highest BCUT2D eigenvalue weighted by Gasteiger charge is 2.42. The van der Waals surface area contributed by atoms with Gasteiger partial charge in [0.05, 0.1) is 13.2 Å². The van der Waals surface area contributed by atoms with Crippen molar-refractivity contribution in [2.24, 2.45) is 5.92 Å². The van der Waals surface area contributed by atoms with E-state index in [9.17, 15) is 0 Å². The van der Waals surface area contributed by atoms with Crippen molar-refractivity contribution in [3.05, 3.63) is 0 Å². The van der Waals surface area contributed by atoms with E-state index in [2.05, 4.69) is 6.92 Å². The van der Waals surface area contributed by atoms with E-state index in [1.54, 1.807) is 0 Å². The van der Waals surface area contributed by atoms with Crippen molar-refractivity contribution in [2.45, 2.75) is 45.8 Å². The van der Waals surface area contributed by atoms with Crippen LogP contribution in [0.1, 0.15) is 40.0 Å². The molecule has 0 amide bonds. The lowest BCUT2D eigenvalue weighted by Gasteiger charge is -2.20. The maximum Gasteiger partial charge on any atom is 0.168 e. The van der Waals surface area contributed by atoms with Gasteiger partial charge in [0.1, 0.15) is 0 Å². The molecule has 1 aliphatic heterocycles. The normalized spacial score (nSPS) is 31.8. The smallest absolute Gasteiger partial charge is 0.168 e. The van der Waals surface area contributed by atoms with Crippen molar-refractivity contribution in [1.29, 1.82) is 0 Å². The van der Waals surface area contributed by atoms with Crippen molar-refractivity contribution >= 4 is 0 Å². The third-order valence-corrected chi connectivity index (χ3v) is 2.49. The molecule has 72 valence electrons. The lowest BCUT2D eigenvalue weighted by atomic mass is 10.1. The molecule has 2 rings (SSSR count). The first-order chi connectivity index (χ1) is 5.81. The van der Waals surface area contributed by atoms with Gasteiger partial charge in [-0.2, -0.15) is 0 Å². The Balaban J connectivity index is 0.000000336. The maximum absolute atomic E-state index is 5.55. The molecule has 2 fully saturated rings. The zero-order chi connectivity index (χ0) is 9.03. The Hall–Kier alpha value is -0.0800. The van der Waals surface area contributed by atoms with Crippen molar-refractivity contribution in [1.82, 2.24) is 0 Å². The Labute approximate surface area is 75.2 Å². The molecule has 2 aliphatic rings. The Kier molecular flexibility index (Phi) is 3.53. The van der Waals surface area contributed by atoms with Gasteiger partial charge in [-0.15, -0.1) is 0 Å². The van der Waals surface area contributed by atoms with Crippen molar-refractivity contribution in [3.63, 3.8) is 0 Å². The summed E-state index contributed by atoms with van der Waals surface area (Å²) in [5, 5.41) is 0. The van der Waals surface area contributed by atoms with Crippen LogP contribution in [-0.2, 0) is 9.47 Å². The quantitative estimate of drug-likeness (QED) is 0.559. The van der Waals surface area contributed by atoms with Crippen LogP contribution in [0.15, 0.2) is 0 Å². The van der Waals surface area contributed by atoms with Gasteiger partial charge in [-0.05, 0) is 12.3 Å². The minimum absolute atomic E-state index is 0.139. The van der Waals surface area contributed by atoms with Crippen molar-refractivity contribution < 1.29 is 9.47 Å². The molecule has 1 unspecified atom stereocenters. The van der Waals surface area contributed by atoms with Crippen LogP contribution in [-0.4, -0.2) is 19.0 Å². The summed E-state index contributed by atoms with van der Waals surface area (Å²) in [6.07, 6.45) is 3.47. The van der Waals surface area contributed by atoms with Gasteiger partial charge in [-0.1, -0.05) is 20.8 Å². The van der Waals surface area contributed by atoms with E-state index >= 15 is 0 Å². The molecule has 0 bridgehead atoms. The number of hydrogen-bond acceptors (Lipinski definition) is 2. The zero-order valence-corrected chi connectivity index (χ0v) is 8.43. The minimum Gasteiger partial charge on any atom is -0.348 e. The summed E-state index contributed by atoms with van der Waals surface area (Å²) in [6, 6.07) is 0. The predicted molar refractivity (Wildman–Crippen MR) is 49.0 cm³/mol. The lowest BCUT2D eigenvalue weighted by Crippen LogP contribution is -2.25. The molecule has 0 N–H and O–H groups in total. The predicted octanol–water partition coefficient (Wildman–Crippen LogP) is 2.58. The summed E-state index contributed by atoms with van der Waals surface area (Å²) in [5.41, 5.74) is 0. The van der Waals surface area contributed by atoms with Crippen LogP contribution in [0.25, 0.3) is 0 Å². The molecule has 0 aromatic carbocycles. The summed E-state index contributed by atoms with van der Waals surface area (Å²) in [6.45, 7) is 7.86. The molecule has 1 saturated heterocycles. The van der Waals surface area contributed by atoms with Crippen LogP contribution in [0.3, 0.4) is 0 Å². The molecule has 1 spiro atoms. The monoisotopic (exact) mass is 172 g/mol. The first-order valence-electron chi connectivity index (χ1n) is 5.09. The van der Waals surface area contributed by atoms with Gasteiger partial charge in [0, 0.05) is 12.8 Å². The van der Waals surface area contributed by atoms with E-state index in [0.717, 1.165) is 32.0 Å². The van der Waals surface area contributed by atoms with Crippen molar-refractivity contribution in [2.75, 3.05) is 13.2 Å². The van der Waals surface area contributed by atoms with Crippen LogP contribution in [0.5, 0.6) is 0 Å². The molecule has 12 heavy (non-hydrogen) atoms. The second-order valence-corrected chi connectivity index (χ2v) is 3.46. The third kappa shape index (κ3) is 1.99. The summed E-state index contributed by atoms with van der Waals surface area (Å²) in [4.78, 5) is 0. The van der Waals surface area contributed by atoms with Crippen LogP contribution in [0, 0.1) is 5.92 Å². The molecule has 1 atom stereocenters. The number of rotatable bonds is 0. The zero-order valence-electron chi connectivity index (χ0n) is 8.43. The first kappa shape index (κ1) is 10.0. The summed E-state index contributed by atoms with van der Waals surface area (Å²) >= 11 is 0. The van der Waals surface area contributed by atoms with E-state index in [0.29, 0.717) is 0 Å². The topological polar surface area (TPSA) is 18.5 Å². The second kappa shape index (κ2) is 4.24. The molecule has 0 aromatic heterocycles. The van der Waals surface area contributed by atoms with Gasteiger partial charge in [0.2, 0.25) is 0 Å². The Morgan fingerprint density at radius 3 is 2.17 bits per heavy atom. The minimum atomic E-state index is -0.139. The summed E-state index contributed by atoms with van der Waals surface area (Å²) in [5.74, 6) is 0.650. The standard InChI is InChI=1S/C8H14O2.C2H6/c1-7-2-3-8(6-7)9-4-5-10-8;1-2/h7H,2-6H2,1H3;1-2H3. The number of ether oxygens (including phenoxy) is 2. The summed E-state index contributed by atoms with van der Waals surface area (Å²) < 4.78 is 11.1. The Morgan fingerprint density at radius 1 is 1.17 bits per heavy atom. The molecule has 2 nitrogen and oxygen atoms in total. The summed E-state index contributed by atoms with van der Waals surface area (Å²) in [7, 11) is 0. The van der Waals surface area contributed by atoms with Gasteiger partial charge < -0.3 is 9.47 Å². The molecular formula is C10H20O2. The van der Waals surface area contributed by atoms with E-state index in [4.69, 9.17) is 9.47 Å². The molecule has 1 aliphatic carbocycles. The van der Waals surface area contributed by atoms with Gasteiger partial charge in [0.15, 0.2) is 5.79 Å². The fourth-order valence-electron chi connectivity index (χ4n) is 1.96. The molecule has 2 heteroatoms. The maximum atomic E-state index is 5.55. The second-order valence-electron chi connectivity index (χ2n) is 3.46. The molecular weight excluding hydrogens is 152 g/mol. The molecule has 1 saturated carbocycles. The average Bonchev–Trinajstić information content (AvgIpc) is 2.68. The molecule has 1 heterocycles. The highest BCUT2D eigenvalue weighted by atomic mass is 16.7. The Bertz CT molecular complexity index is 128. The fraction of sp³-hybridized carbons (Fsp3) is 1.00. The van der Waals surface area contributed by atoms with Crippen molar-refractivity contribution in [3.8, 4) is 0 Å². The fourth-order valence-corrected chi connectivity index (χ4v) is 1.96. The third-order valence-electron chi connectivity index (χ3n) is 2.49. The first-order valence-corrected chi connectivity index (χ1v) is 5.09. The SMILES string of the molecule is CC.CC1CCC2(C1)OCCO2.